The Hall–Kier alpha value is -1.12. The molecule has 0 spiro atoms. The van der Waals surface area contributed by atoms with Gasteiger partial charge >= 0.3 is 0 Å². The van der Waals surface area contributed by atoms with Crippen molar-refractivity contribution in [2.75, 3.05) is 0 Å². The van der Waals surface area contributed by atoms with Crippen LogP contribution in [0.4, 0.5) is 0 Å². The standard InChI is InChI=1S/C6H9N3/c1-3-4-6-5-7-8-9(6)2/h3,5H,1,4H2,2H3. The Bertz CT molecular complexity index is 202. The first-order chi connectivity index (χ1) is 4.34. The summed E-state index contributed by atoms with van der Waals surface area (Å²) in [6.45, 7) is 3.61. The van der Waals surface area contributed by atoms with Crippen LogP contribution in [0.1, 0.15) is 5.69 Å². The molecule has 0 unspecified atom stereocenters. The van der Waals surface area contributed by atoms with Crippen molar-refractivity contribution in [2.24, 2.45) is 7.05 Å². The number of aryl methyl sites for hydroxylation is 1. The third-order valence-corrected chi connectivity index (χ3v) is 1.16. The van der Waals surface area contributed by atoms with E-state index in [0.717, 1.165) is 12.1 Å². The molecule has 0 amide bonds. The van der Waals surface area contributed by atoms with E-state index >= 15 is 0 Å². The molecular formula is C6H9N3. The van der Waals surface area contributed by atoms with Gasteiger partial charge in [0.2, 0.25) is 0 Å². The highest BCUT2D eigenvalue weighted by Crippen LogP contribution is 1.93. The van der Waals surface area contributed by atoms with E-state index in [9.17, 15) is 0 Å². The molecule has 0 aromatic carbocycles. The molecule has 9 heavy (non-hydrogen) atoms. The van der Waals surface area contributed by atoms with Gasteiger partial charge in [-0.3, -0.25) is 4.68 Å². The minimum absolute atomic E-state index is 0.837. The fraction of sp³-hybridized carbons (Fsp3) is 0.333. The van der Waals surface area contributed by atoms with Gasteiger partial charge in [0.1, 0.15) is 0 Å². The van der Waals surface area contributed by atoms with Crippen molar-refractivity contribution >= 4 is 0 Å². The summed E-state index contributed by atoms with van der Waals surface area (Å²) in [5.41, 5.74) is 1.09. The van der Waals surface area contributed by atoms with E-state index in [2.05, 4.69) is 16.9 Å². The van der Waals surface area contributed by atoms with Crippen molar-refractivity contribution in [3.8, 4) is 0 Å². The Labute approximate surface area is 54.0 Å². The van der Waals surface area contributed by atoms with Crippen molar-refractivity contribution in [3.05, 3.63) is 24.5 Å². The number of aromatic nitrogens is 3. The molecule has 0 saturated heterocycles. The van der Waals surface area contributed by atoms with Crippen molar-refractivity contribution < 1.29 is 0 Å². The predicted octanol–water partition coefficient (Wildman–Crippen LogP) is 0.544. The Morgan fingerprint density at radius 1 is 1.89 bits per heavy atom. The quantitative estimate of drug-likeness (QED) is 0.537. The molecule has 3 heteroatoms. The lowest BCUT2D eigenvalue weighted by Gasteiger charge is -1.91. The van der Waals surface area contributed by atoms with Gasteiger partial charge in [-0.25, -0.2) is 0 Å². The Kier molecular flexibility index (Phi) is 1.63. The van der Waals surface area contributed by atoms with Crippen LogP contribution in [0, 0.1) is 0 Å². The van der Waals surface area contributed by atoms with Crippen LogP contribution >= 0.6 is 0 Å². The van der Waals surface area contributed by atoms with E-state index in [-0.39, 0.29) is 0 Å². The second-order valence-electron chi connectivity index (χ2n) is 1.84. The lowest BCUT2D eigenvalue weighted by Crippen LogP contribution is -1.95. The topological polar surface area (TPSA) is 30.7 Å². The van der Waals surface area contributed by atoms with E-state index in [1.54, 1.807) is 10.9 Å². The molecule has 1 rings (SSSR count). The molecule has 1 heterocycles. The number of allylic oxidation sites excluding steroid dienone is 1. The van der Waals surface area contributed by atoms with Gasteiger partial charge in [-0.05, 0) is 0 Å². The molecule has 0 saturated carbocycles. The van der Waals surface area contributed by atoms with Crippen molar-refractivity contribution in [1.29, 1.82) is 0 Å². The molecule has 0 aliphatic rings. The van der Waals surface area contributed by atoms with Crippen LogP contribution in [0.25, 0.3) is 0 Å². The number of hydrogen-bond donors (Lipinski definition) is 0. The molecule has 0 N–H and O–H groups in total. The van der Waals surface area contributed by atoms with E-state index < -0.39 is 0 Å². The van der Waals surface area contributed by atoms with E-state index in [0.29, 0.717) is 0 Å². The first-order valence-electron chi connectivity index (χ1n) is 2.79. The zero-order valence-electron chi connectivity index (χ0n) is 5.41. The van der Waals surface area contributed by atoms with E-state index in [1.807, 2.05) is 13.1 Å². The van der Waals surface area contributed by atoms with Crippen LogP contribution < -0.4 is 0 Å². The summed E-state index contributed by atoms with van der Waals surface area (Å²) in [5, 5.41) is 7.46. The summed E-state index contributed by atoms with van der Waals surface area (Å²) in [4.78, 5) is 0. The minimum Gasteiger partial charge on any atom is -0.252 e. The zero-order valence-corrected chi connectivity index (χ0v) is 5.41. The summed E-state index contributed by atoms with van der Waals surface area (Å²) >= 11 is 0. The van der Waals surface area contributed by atoms with E-state index in [4.69, 9.17) is 0 Å². The van der Waals surface area contributed by atoms with Gasteiger partial charge in [0, 0.05) is 13.5 Å². The van der Waals surface area contributed by atoms with Crippen molar-refractivity contribution in [1.82, 2.24) is 15.0 Å². The third kappa shape index (κ3) is 1.16. The molecule has 0 bridgehead atoms. The predicted molar refractivity (Wildman–Crippen MR) is 34.9 cm³/mol. The lowest BCUT2D eigenvalue weighted by molar-refractivity contribution is 0.688. The van der Waals surface area contributed by atoms with Gasteiger partial charge < -0.3 is 0 Å². The third-order valence-electron chi connectivity index (χ3n) is 1.16. The summed E-state index contributed by atoms with van der Waals surface area (Å²) in [6.07, 6.45) is 4.41. The minimum atomic E-state index is 0.837. The fourth-order valence-electron chi connectivity index (χ4n) is 0.644. The van der Waals surface area contributed by atoms with Crippen LogP contribution in [0.3, 0.4) is 0 Å². The fourth-order valence-corrected chi connectivity index (χ4v) is 0.644. The van der Waals surface area contributed by atoms with Crippen LogP contribution in [0.2, 0.25) is 0 Å². The molecule has 1 aromatic rings. The van der Waals surface area contributed by atoms with Gasteiger partial charge in [0.25, 0.3) is 0 Å². The largest absolute Gasteiger partial charge is 0.252 e. The average molecular weight is 123 g/mol. The highest BCUT2D eigenvalue weighted by Gasteiger charge is 1.93. The number of nitrogens with zero attached hydrogens (tertiary/aromatic N) is 3. The summed E-state index contributed by atoms with van der Waals surface area (Å²) in [7, 11) is 1.87. The van der Waals surface area contributed by atoms with Crippen LogP contribution in [-0.4, -0.2) is 15.0 Å². The molecule has 0 aliphatic carbocycles. The van der Waals surface area contributed by atoms with Crippen LogP contribution in [0.15, 0.2) is 18.9 Å². The molecule has 0 atom stereocenters. The highest BCUT2D eigenvalue weighted by atomic mass is 15.4. The highest BCUT2D eigenvalue weighted by molar-refractivity contribution is 4.98. The smallest absolute Gasteiger partial charge is 0.0728 e. The van der Waals surface area contributed by atoms with Crippen molar-refractivity contribution in [2.45, 2.75) is 6.42 Å². The van der Waals surface area contributed by atoms with Gasteiger partial charge in [-0.2, -0.15) is 0 Å². The van der Waals surface area contributed by atoms with Gasteiger partial charge in [-0.1, -0.05) is 11.3 Å². The molecular weight excluding hydrogens is 114 g/mol. The monoisotopic (exact) mass is 123 g/mol. The maximum atomic E-state index is 3.75. The molecule has 3 nitrogen and oxygen atoms in total. The molecule has 0 aliphatic heterocycles. The number of rotatable bonds is 2. The summed E-state index contributed by atoms with van der Waals surface area (Å²) in [5.74, 6) is 0. The van der Waals surface area contributed by atoms with E-state index in [1.165, 1.54) is 0 Å². The second kappa shape index (κ2) is 2.44. The maximum absolute atomic E-state index is 3.75. The van der Waals surface area contributed by atoms with Gasteiger partial charge in [0.05, 0.1) is 11.9 Å². The lowest BCUT2D eigenvalue weighted by atomic mass is 10.3. The van der Waals surface area contributed by atoms with Crippen LogP contribution in [0.5, 0.6) is 0 Å². The SMILES string of the molecule is C=CCc1cnnn1C. The van der Waals surface area contributed by atoms with Gasteiger partial charge in [0.15, 0.2) is 0 Å². The summed E-state index contributed by atoms with van der Waals surface area (Å²) < 4.78 is 1.74. The molecule has 0 fully saturated rings. The first-order valence-corrected chi connectivity index (χ1v) is 2.79. The summed E-state index contributed by atoms with van der Waals surface area (Å²) in [6, 6.07) is 0. The normalized spacial score (nSPS) is 9.44. The average Bonchev–Trinajstić information content (AvgIpc) is 2.18. The van der Waals surface area contributed by atoms with Crippen molar-refractivity contribution in [3.63, 3.8) is 0 Å². The maximum Gasteiger partial charge on any atom is 0.0728 e. The molecule has 48 valence electrons. The Morgan fingerprint density at radius 2 is 2.67 bits per heavy atom. The Morgan fingerprint density at radius 3 is 3.11 bits per heavy atom. The Balaban J connectivity index is 2.80. The van der Waals surface area contributed by atoms with Gasteiger partial charge in [-0.15, -0.1) is 11.7 Å². The van der Waals surface area contributed by atoms with Crippen LogP contribution in [-0.2, 0) is 13.5 Å². The second-order valence-corrected chi connectivity index (χ2v) is 1.84. The molecule has 0 radical (unpaired) electrons. The zero-order chi connectivity index (χ0) is 6.69. The first kappa shape index (κ1) is 6.01. The molecule has 1 aromatic heterocycles. The number of hydrogen-bond acceptors (Lipinski definition) is 2.